The number of likely N-dealkylation sites (N-methyl/N-ethyl adjacent to an activating group) is 1. The van der Waals surface area contributed by atoms with Crippen molar-refractivity contribution in [1.82, 2.24) is 10.2 Å². The second-order valence-corrected chi connectivity index (χ2v) is 5.53. The Kier molecular flexibility index (Phi) is 8.94. The molecule has 1 aromatic rings. The molecule has 0 aliphatic heterocycles. The highest BCUT2D eigenvalue weighted by atomic mass is 16.5. The number of methoxy groups -OCH3 is 1. The SMILES string of the molecule is CCC(C)Oc1ccc(CNCCN(CC)CC)cc1OC. The maximum Gasteiger partial charge on any atom is 0.161 e. The van der Waals surface area contributed by atoms with Crippen molar-refractivity contribution in [1.29, 1.82) is 0 Å². The van der Waals surface area contributed by atoms with Crippen LogP contribution in [0, 0.1) is 0 Å². The molecule has 0 aliphatic rings. The summed E-state index contributed by atoms with van der Waals surface area (Å²) in [7, 11) is 1.69. The van der Waals surface area contributed by atoms with Gasteiger partial charge < -0.3 is 19.7 Å². The smallest absolute Gasteiger partial charge is 0.161 e. The molecule has 1 atom stereocenters. The van der Waals surface area contributed by atoms with Crippen LogP contribution in [0.5, 0.6) is 11.5 Å². The maximum atomic E-state index is 5.87. The monoisotopic (exact) mass is 308 g/mol. The minimum Gasteiger partial charge on any atom is -0.493 e. The normalized spacial score (nSPS) is 12.5. The molecule has 0 spiro atoms. The zero-order chi connectivity index (χ0) is 16.4. The van der Waals surface area contributed by atoms with E-state index in [9.17, 15) is 0 Å². The fourth-order valence-electron chi connectivity index (χ4n) is 2.23. The molecule has 0 radical (unpaired) electrons. The summed E-state index contributed by atoms with van der Waals surface area (Å²) < 4.78 is 11.3. The molecule has 4 nitrogen and oxygen atoms in total. The molecule has 22 heavy (non-hydrogen) atoms. The average Bonchev–Trinajstić information content (AvgIpc) is 2.55. The van der Waals surface area contributed by atoms with E-state index in [2.05, 4.69) is 50.0 Å². The summed E-state index contributed by atoms with van der Waals surface area (Å²) in [6.45, 7) is 13.7. The standard InChI is InChI=1S/C18H32N2O2/c1-6-15(4)22-17-10-9-16(13-18(17)21-5)14-19-11-12-20(7-2)8-3/h9-10,13,15,19H,6-8,11-12,14H2,1-5H3. The molecule has 1 rings (SSSR count). The topological polar surface area (TPSA) is 33.7 Å². The van der Waals surface area contributed by atoms with E-state index in [0.29, 0.717) is 0 Å². The van der Waals surface area contributed by atoms with E-state index >= 15 is 0 Å². The Labute approximate surface area is 135 Å². The van der Waals surface area contributed by atoms with Crippen molar-refractivity contribution in [2.75, 3.05) is 33.3 Å². The third-order valence-corrected chi connectivity index (χ3v) is 3.96. The van der Waals surface area contributed by atoms with Gasteiger partial charge in [0.1, 0.15) is 0 Å². The van der Waals surface area contributed by atoms with Crippen LogP contribution in [0.2, 0.25) is 0 Å². The van der Waals surface area contributed by atoms with Crippen molar-refractivity contribution in [3.8, 4) is 11.5 Å². The number of hydrogen-bond donors (Lipinski definition) is 1. The van der Waals surface area contributed by atoms with Crippen LogP contribution in [0.4, 0.5) is 0 Å². The molecule has 0 bridgehead atoms. The molecule has 0 aliphatic carbocycles. The first-order valence-corrected chi connectivity index (χ1v) is 8.41. The van der Waals surface area contributed by atoms with Gasteiger partial charge in [-0.05, 0) is 44.1 Å². The number of hydrogen-bond acceptors (Lipinski definition) is 4. The number of rotatable bonds is 11. The zero-order valence-electron chi connectivity index (χ0n) is 14.8. The van der Waals surface area contributed by atoms with E-state index < -0.39 is 0 Å². The summed E-state index contributed by atoms with van der Waals surface area (Å²) in [5, 5.41) is 3.49. The fraction of sp³-hybridized carbons (Fsp3) is 0.667. The molecule has 1 unspecified atom stereocenters. The molecular formula is C18H32N2O2. The highest BCUT2D eigenvalue weighted by molar-refractivity contribution is 5.43. The van der Waals surface area contributed by atoms with Gasteiger partial charge in [0.2, 0.25) is 0 Å². The average molecular weight is 308 g/mol. The molecule has 0 saturated heterocycles. The van der Waals surface area contributed by atoms with Crippen LogP contribution in [-0.2, 0) is 6.54 Å². The summed E-state index contributed by atoms with van der Waals surface area (Å²) in [5.41, 5.74) is 1.22. The fourth-order valence-corrected chi connectivity index (χ4v) is 2.23. The number of benzene rings is 1. The van der Waals surface area contributed by atoms with E-state index in [0.717, 1.165) is 50.6 Å². The van der Waals surface area contributed by atoms with E-state index in [1.165, 1.54) is 5.56 Å². The van der Waals surface area contributed by atoms with Gasteiger partial charge >= 0.3 is 0 Å². The first-order valence-electron chi connectivity index (χ1n) is 8.41. The minimum atomic E-state index is 0.201. The van der Waals surface area contributed by atoms with Crippen molar-refractivity contribution < 1.29 is 9.47 Å². The van der Waals surface area contributed by atoms with Gasteiger partial charge in [-0.2, -0.15) is 0 Å². The van der Waals surface area contributed by atoms with Gasteiger partial charge in [0.25, 0.3) is 0 Å². The van der Waals surface area contributed by atoms with Gasteiger partial charge in [-0.3, -0.25) is 0 Å². The number of nitrogens with zero attached hydrogens (tertiary/aromatic N) is 1. The molecule has 0 saturated carbocycles. The van der Waals surface area contributed by atoms with E-state index in [1.807, 2.05) is 6.07 Å². The number of nitrogens with one attached hydrogen (secondary N) is 1. The first-order chi connectivity index (χ1) is 10.6. The molecule has 1 aromatic carbocycles. The van der Waals surface area contributed by atoms with Crippen LogP contribution < -0.4 is 14.8 Å². The molecule has 1 N–H and O–H groups in total. The van der Waals surface area contributed by atoms with Crippen molar-refractivity contribution in [3.05, 3.63) is 23.8 Å². The highest BCUT2D eigenvalue weighted by Crippen LogP contribution is 2.29. The predicted octanol–water partition coefficient (Wildman–Crippen LogP) is 3.30. The van der Waals surface area contributed by atoms with Gasteiger partial charge in [0.15, 0.2) is 11.5 Å². The summed E-state index contributed by atoms with van der Waals surface area (Å²) in [5.74, 6) is 1.63. The summed E-state index contributed by atoms with van der Waals surface area (Å²) in [6.07, 6.45) is 1.18. The predicted molar refractivity (Wildman–Crippen MR) is 92.9 cm³/mol. The van der Waals surface area contributed by atoms with Crippen LogP contribution in [0.25, 0.3) is 0 Å². The zero-order valence-corrected chi connectivity index (χ0v) is 14.8. The molecule has 4 heteroatoms. The quantitative estimate of drug-likeness (QED) is 0.636. The molecule has 0 heterocycles. The van der Waals surface area contributed by atoms with Crippen molar-refractivity contribution in [3.63, 3.8) is 0 Å². The largest absolute Gasteiger partial charge is 0.493 e. The van der Waals surface area contributed by atoms with Crippen LogP contribution in [0.15, 0.2) is 18.2 Å². The van der Waals surface area contributed by atoms with Gasteiger partial charge in [-0.1, -0.05) is 26.8 Å². The van der Waals surface area contributed by atoms with Crippen LogP contribution in [0.3, 0.4) is 0 Å². The van der Waals surface area contributed by atoms with Gasteiger partial charge in [-0.15, -0.1) is 0 Å². The Morgan fingerprint density at radius 2 is 1.86 bits per heavy atom. The molecule has 0 fully saturated rings. The van der Waals surface area contributed by atoms with Crippen molar-refractivity contribution in [2.45, 2.75) is 46.8 Å². The number of ether oxygens (including phenoxy) is 2. The van der Waals surface area contributed by atoms with Crippen LogP contribution in [0.1, 0.15) is 39.7 Å². The Balaban J connectivity index is 2.51. The third-order valence-electron chi connectivity index (χ3n) is 3.96. The minimum absolute atomic E-state index is 0.201. The van der Waals surface area contributed by atoms with Gasteiger partial charge in [0.05, 0.1) is 13.2 Å². The van der Waals surface area contributed by atoms with E-state index in [4.69, 9.17) is 9.47 Å². The van der Waals surface area contributed by atoms with Crippen molar-refractivity contribution >= 4 is 0 Å². The van der Waals surface area contributed by atoms with Crippen LogP contribution >= 0.6 is 0 Å². The Morgan fingerprint density at radius 3 is 2.45 bits per heavy atom. The second-order valence-electron chi connectivity index (χ2n) is 5.53. The Hall–Kier alpha value is -1.26. The van der Waals surface area contributed by atoms with E-state index in [1.54, 1.807) is 7.11 Å². The lowest BCUT2D eigenvalue weighted by Crippen LogP contribution is -2.31. The van der Waals surface area contributed by atoms with E-state index in [-0.39, 0.29) is 6.10 Å². The Bertz CT molecular complexity index is 420. The molecule has 126 valence electrons. The first kappa shape index (κ1) is 18.8. The summed E-state index contributed by atoms with van der Waals surface area (Å²) in [4.78, 5) is 2.41. The lowest BCUT2D eigenvalue weighted by molar-refractivity contribution is 0.207. The Morgan fingerprint density at radius 1 is 1.14 bits per heavy atom. The van der Waals surface area contributed by atoms with Crippen molar-refractivity contribution in [2.24, 2.45) is 0 Å². The maximum absolute atomic E-state index is 5.87. The van der Waals surface area contributed by atoms with Gasteiger partial charge in [0, 0.05) is 19.6 Å². The molecular weight excluding hydrogens is 276 g/mol. The molecule has 0 aromatic heterocycles. The highest BCUT2D eigenvalue weighted by Gasteiger charge is 2.09. The lowest BCUT2D eigenvalue weighted by atomic mass is 10.2. The van der Waals surface area contributed by atoms with Crippen LogP contribution in [-0.4, -0.2) is 44.3 Å². The third kappa shape index (κ3) is 6.24. The summed E-state index contributed by atoms with van der Waals surface area (Å²) >= 11 is 0. The van der Waals surface area contributed by atoms with Gasteiger partial charge in [-0.25, -0.2) is 0 Å². The summed E-state index contributed by atoms with van der Waals surface area (Å²) in [6, 6.07) is 6.17. The second kappa shape index (κ2) is 10.5. The molecule has 0 amide bonds. The lowest BCUT2D eigenvalue weighted by Gasteiger charge is -2.18.